The fourth-order valence-electron chi connectivity index (χ4n) is 0.160. The highest BCUT2D eigenvalue weighted by Gasteiger charge is 1.90. The Hall–Kier alpha value is -1.12. The summed E-state index contributed by atoms with van der Waals surface area (Å²) in [5, 5.41) is 0. The second kappa shape index (κ2) is 4.05. The third kappa shape index (κ3) is 3.08. The van der Waals surface area contributed by atoms with Crippen LogP contribution >= 0.6 is 0 Å². The average Bonchev–Trinajstić information content (AvgIpc) is 1.83. The Kier molecular flexibility index (Phi) is 3.48. The summed E-state index contributed by atoms with van der Waals surface area (Å²) in [6.45, 7) is 2.79. The molecule has 0 aromatic rings. The zero-order valence-electron chi connectivity index (χ0n) is 4.22. The monoisotopic (exact) mass is 113 g/mol. The maximum Gasteiger partial charge on any atom is 0.330 e. The number of hydrogen-bond donors (Lipinski definition) is 0. The van der Waals surface area contributed by atoms with Crippen LogP contribution in [0.5, 0.6) is 0 Å². The minimum absolute atomic E-state index is 0.315. The second-order valence-electron chi connectivity index (χ2n) is 0.956. The molecule has 0 N–H and O–H groups in total. The highest BCUT2D eigenvalue weighted by molar-refractivity contribution is 5.82. The van der Waals surface area contributed by atoms with E-state index >= 15 is 0 Å². The summed E-state index contributed by atoms with van der Waals surface area (Å²) in [5.41, 5.74) is 0. The summed E-state index contributed by atoms with van der Waals surface area (Å²) in [7, 11) is 0. The van der Waals surface area contributed by atoms with Gasteiger partial charge < -0.3 is 4.74 Å². The van der Waals surface area contributed by atoms with Crippen molar-refractivity contribution in [3.63, 3.8) is 0 Å². The fraction of sp³-hybridized carbons (Fsp3) is 0.200. The molecule has 0 aromatic carbocycles. The Morgan fingerprint density at radius 1 is 1.88 bits per heavy atom. The summed E-state index contributed by atoms with van der Waals surface area (Å²) >= 11 is 0. The second-order valence-corrected chi connectivity index (χ2v) is 0.956. The first-order chi connectivity index (χ1) is 3.81. The number of carbonyl (C=O) groups excluding carboxylic acids is 2. The van der Waals surface area contributed by atoms with Gasteiger partial charge in [0, 0.05) is 6.08 Å². The highest BCUT2D eigenvalue weighted by Crippen LogP contribution is 1.73. The molecule has 1 radical (unpaired) electrons. The van der Waals surface area contributed by atoms with Crippen LogP contribution in [0.2, 0.25) is 0 Å². The standard InChI is InChI=1S/C5H5O3/c1-2-5(7)8-4-3-6/h2H,1,4H2. The van der Waals surface area contributed by atoms with Crippen molar-refractivity contribution in [1.29, 1.82) is 0 Å². The summed E-state index contributed by atoms with van der Waals surface area (Å²) in [6, 6.07) is 0. The molecule has 43 valence electrons. The van der Waals surface area contributed by atoms with Crippen molar-refractivity contribution in [3.8, 4) is 0 Å². The Labute approximate surface area is 46.9 Å². The van der Waals surface area contributed by atoms with Gasteiger partial charge in [-0.2, -0.15) is 0 Å². The van der Waals surface area contributed by atoms with Crippen molar-refractivity contribution in [2.75, 3.05) is 6.61 Å². The molecule has 0 spiro atoms. The van der Waals surface area contributed by atoms with Gasteiger partial charge in [0.1, 0.15) is 0 Å². The van der Waals surface area contributed by atoms with Crippen LogP contribution in [0.1, 0.15) is 0 Å². The molecular weight excluding hydrogens is 108 g/mol. The molecule has 0 aliphatic heterocycles. The zero-order valence-corrected chi connectivity index (χ0v) is 4.22. The molecule has 0 rings (SSSR count). The molecule has 0 saturated heterocycles. The number of carbonyl (C=O) groups is 1. The van der Waals surface area contributed by atoms with Crippen LogP contribution in [0.3, 0.4) is 0 Å². The Bertz CT molecular complexity index is 106. The molecule has 3 heteroatoms. The van der Waals surface area contributed by atoms with E-state index in [2.05, 4.69) is 11.3 Å². The molecule has 0 bridgehead atoms. The summed E-state index contributed by atoms with van der Waals surface area (Å²) < 4.78 is 4.16. The van der Waals surface area contributed by atoms with E-state index in [1.807, 2.05) is 0 Å². The van der Waals surface area contributed by atoms with Crippen LogP contribution in [0, 0.1) is 0 Å². The fourth-order valence-corrected chi connectivity index (χ4v) is 0.160. The van der Waals surface area contributed by atoms with Crippen LogP contribution in [0.25, 0.3) is 0 Å². The number of hydrogen-bond acceptors (Lipinski definition) is 3. The minimum atomic E-state index is -0.603. The van der Waals surface area contributed by atoms with Gasteiger partial charge in [0.2, 0.25) is 6.29 Å². The van der Waals surface area contributed by atoms with Crippen LogP contribution < -0.4 is 0 Å². The third-order valence-electron chi connectivity index (χ3n) is 0.440. The van der Waals surface area contributed by atoms with E-state index < -0.39 is 5.97 Å². The SMILES string of the molecule is C=CC(=O)OC[C]=O. The molecule has 0 amide bonds. The maximum atomic E-state index is 10.1. The third-order valence-corrected chi connectivity index (χ3v) is 0.440. The van der Waals surface area contributed by atoms with Gasteiger partial charge >= 0.3 is 5.97 Å². The van der Waals surface area contributed by atoms with Crippen molar-refractivity contribution >= 4 is 12.3 Å². The lowest BCUT2D eigenvalue weighted by molar-refractivity contribution is -0.136. The first-order valence-corrected chi connectivity index (χ1v) is 1.95. The smallest absolute Gasteiger partial charge is 0.330 e. The predicted molar refractivity (Wildman–Crippen MR) is 26.8 cm³/mol. The van der Waals surface area contributed by atoms with E-state index in [4.69, 9.17) is 0 Å². The first-order valence-electron chi connectivity index (χ1n) is 1.95. The lowest BCUT2D eigenvalue weighted by Crippen LogP contribution is -2.01. The van der Waals surface area contributed by atoms with Gasteiger partial charge in [-0.05, 0) is 0 Å². The molecule has 0 aliphatic carbocycles. The van der Waals surface area contributed by atoms with Gasteiger partial charge in [0.15, 0.2) is 6.61 Å². The van der Waals surface area contributed by atoms with Crippen LogP contribution in [0.4, 0.5) is 0 Å². The number of ether oxygens (including phenoxy) is 1. The lowest BCUT2D eigenvalue weighted by Gasteiger charge is -1.89. The summed E-state index contributed by atoms with van der Waals surface area (Å²) in [4.78, 5) is 19.4. The van der Waals surface area contributed by atoms with Gasteiger partial charge in [-0.15, -0.1) is 0 Å². The molecule has 0 saturated carbocycles. The Morgan fingerprint density at radius 3 is 2.88 bits per heavy atom. The van der Waals surface area contributed by atoms with Crippen molar-refractivity contribution in [2.45, 2.75) is 0 Å². The molecule has 0 unspecified atom stereocenters. The van der Waals surface area contributed by atoms with Gasteiger partial charge in [-0.1, -0.05) is 6.58 Å². The molecule has 8 heavy (non-hydrogen) atoms. The van der Waals surface area contributed by atoms with Crippen molar-refractivity contribution in [2.24, 2.45) is 0 Å². The van der Waals surface area contributed by atoms with E-state index in [-0.39, 0.29) is 6.61 Å². The van der Waals surface area contributed by atoms with E-state index in [0.29, 0.717) is 0 Å². The molecule has 0 heterocycles. The molecule has 0 aliphatic rings. The molecule has 3 nitrogen and oxygen atoms in total. The Morgan fingerprint density at radius 2 is 2.50 bits per heavy atom. The van der Waals surface area contributed by atoms with Crippen molar-refractivity contribution in [1.82, 2.24) is 0 Å². The quantitative estimate of drug-likeness (QED) is 0.377. The first kappa shape index (κ1) is 6.88. The molecule has 0 fully saturated rings. The van der Waals surface area contributed by atoms with Crippen LogP contribution in [-0.4, -0.2) is 18.9 Å². The van der Waals surface area contributed by atoms with Crippen LogP contribution in [0.15, 0.2) is 12.7 Å². The molecule has 0 aromatic heterocycles. The maximum absolute atomic E-state index is 10.1. The molecule has 0 atom stereocenters. The van der Waals surface area contributed by atoms with E-state index in [1.165, 1.54) is 6.29 Å². The van der Waals surface area contributed by atoms with E-state index in [0.717, 1.165) is 6.08 Å². The predicted octanol–water partition coefficient (Wildman–Crippen LogP) is -0.175. The average molecular weight is 113 g/mol. The Balaban J connectivity index is 3.24. The van der Waals surface area contributed by atoms with Crippen LogP contribution in [-0.2, 0) is 14.3 Å². The summed E-state index contributed by atoms with van der Waals surface area (Å²) in [6.07, 6.45) is 2.38. The number of esters is 1. The zero-order chi connectivity index (χ0) is 6.41. The normalized spacial score (nSPS) is 7.50. The number of rotatable bonds is 3. The van der Waals surface area contributed by atoms with E-state index in [1.54, 1.807) is 0 Å². The van der Waals surface area contributed by atoms with Crippen molar-refractivity contribution in [3.05, 3.63) is 12.7 Å². The summed E-state index contributed by atoms with van der Waals surface area (Å²) in [5.74, 6) is -0.603. The topological polar surface area (TPSA) is 43.4 Å². The van der Waals surface area contributed by atoms with Gasteiger partial charge in [0.05, 0.1) is 0 Å². The molecular formula is C5H5O3. The highest BCUT2D eigenvalue weighted by atomic mass is 16.5. The van der Waals surface area contributed by atoms with Gasteiger partial charge in [-0.25, -0.2) is 4.79 Å². The van der Waals surface area contributed by atoms with E-state index in [9.17, 15) is 9.59 Å². The van der Waals surface area contributed by atoms with Crippen molar-refractivity contribution < 1.29 is 14.3 Å². The largest absolute Gasteiger partial charge is 0.454 e. The minimum Gasteiger partial charge on any atom is -0.454 e. The van der Waals surface area contributed by atoms with Gasteiger partial charge in [0.25, 0.3) is 0 Å². The lowest BCUT2D eigenvalue weighted by atomic mass is 10.6. The van der Waals surface area contributed by atoms with Gasteiger partial charge in [-0.3, -0.25) is 4.79 Å².